The highest BCUT2D eigenvalue weighted by Gasteiger charge is 2.42. The molecule has 0 amide bonds. The SMILES string of the molecule is Cc1ccc(S(=O)(=O)N(CCCN2CCOCC2)O[Si](C)(C)C(C)(C)C)cc1. The molecule has 8 heteroatoms. The van der Waals surface area contributed by atoms with E-state index in [0.29, 0.717) is 6.54 Å². The molecule has 28 heavy (non-hydrogen) atoms. The normalized spacial score (nSPS) is 17.2. The van der Waals surface area contributed by atoms with Crippen molar-refractivity contribution in [3.8, 4) is 0 Å². The summed E-state index contributed by atoms with van der Waals surface area (Å²) in [7, 11) is -6.01. The number of sulfonamides is 1. The largest absolute Gasteiger partial charge is 0.379 e. The third kappa shape index (κ3) is 6.11. The van der Waals surface area contributed by atoms with E-state index >= 15 is 0 Å². The Morgan fingerprint density at radius 1 is 1.14 bits per heavy atom. The molecule has 0 saturated carbocycles. The average Bonchev–Trinajstić information content (AvgIpc) is 2.61. The van der Waals surface area contributed by atoms with Crippen LogP contribution in [0.5, 0.6) is 0 Å². The fourth-order valence-electron chi connectivity index (χ4n) is 2.68. The van der Waals surface area contributed by atoms with Crippen LogP contribution >= 0.6 is 0 Å². The molecular formula is C20H36N2O4SSi. The second-order valence-corrected chi connectivity index (χ2v) is 15.5. The van der Waals surface area contributed by atoms with Crippen molar-refractivity contribution >= 4 is 18.3 Å². The van der Waals surface area contributed by atoms with Crippen molar-refractivity contribution in [1.29, 1.82) is 0 Å². The second kappa shape index (κ2) is 9.36. The number of morpholine rings is 1. The lowest BCUT2D eigenvalue weighted by atomic mass is 10.2. The highest BCUT2D eigenvalue weighted by Crippen LogP contribution is 2.38. The molecule has 0 unspecified atom stereocenters. The molecule has 0 atom stereocenters. The van der Waals surface area contributed by atoms with Gasteiger partial charge in [-0.1, -0.05) is 42.9 Å². The highest BCUT2D eigenvalue weighted by molar-refractivity contribution is 7.89. The van der Waals surface area contributed by atoms with Crippen molar-refractivity contribution in [1.82, 2.24) is 9.37 Å². The minimum atomic E-state index is -3.71. The Labute approximate surface area is 172 Å². The molecule has 0 bridgehead atoms. The molecule has 1 fully saturated rings. The van der Waals surface area contributed by atoms with Crippen molar-refractivity contribution < 1.29 is 17.7 Å². The predicted octanol–water partition coefficient (Wildman–Crippen LogP) is 3.64. The highest BCUT2D eigenvalue weighted by atomic mass is 32.2. The molecule has 2 rings (SSSR count). The molecule has 1 aliphatic heterocycles. The van der Waals surface area contributed by atoms with Crippen LogP contribution in [0, 0.1) is 6.92 Å². The Bertz CT molecular complexity index is 724. The van der Waals surface area contributed by atoms with Crippen LogP contribution in [0.25, 0.3) is 0 Å². The molecule has 0 spiro atoms. The molecular weight excluding hydrogens is 392 g/mol. The first-order valence-electron chi connectivity index (χ1n) is 10.0. The van der Waals surface area contributed by atoms with Crippen LogP contribution < -0.4 is 0 Å². The van der Waals surface area contributed by atoms with Gasteiger partial charge in [-0.05, 0) is 50.2 Å². The van der Waals surface area contributed by atoms with Crippen LogP contribution in [0.2, 0.25) is 18.1 Å². The fraction of sp³-hybridized carbons (Fsp3) is 0.700. The van der Waals surface area contributed by atoms with Crippen molar-refractivity contribution in [2.75, 3.05) is 39.4 Å². The molecule has 0 N–H and O–H groups in total. The van der Waals surface area contributed by atoms with Crippen LogP contribution in [0.3, 0.4) is 0 Å². The average molecular weight is 429 g/mol. The number of hydrogen-bond donors (Lipinski definition) is 0. The first kappa shape index (κ1) is 23.5. The van der Waals surface area contributed by atoms with E-state index in [-0.39, 0.29) is 9.93 Å². The third-order valence-corrected chi connectivity index (χ3v) is 11.7. The van der Waals surface area contributed by atoms with Crippen molar-refractivity contribution in [2.45, 2.75) is 57.1 Å². The molecule has 0 aliphatic carbocycles. The van der Waals surface area contributed by atoms with Crippen molar-refractivity contribution in [2.24, 2.45) is 0 Å². The molecule has 1 heterocycles. The number of ether oxygens (including phenoxy) is 1. The van der Waals surface area contributed by atoms with E-state index in [1.165, 1.54) is 4.47 Å². The zero-order valence-corrected chi connectivity index (χ0v) is 20.0. The predicted molar refractivity (Wildman–Crippen MR) is 115 cm³/mol. The van der Waals surface area contributed by atoms with E-state index in [2.05, 4.69) is 38.8 Å². The summed E-state index contributed by atoms with van der Waals surface area (Å²) in [5.41, 5.74) is 1.03. The minimum Gasteiger partial charge on any atom is -0.379 e. The zero-order chi connectivity index (χ0) is 21.0. The van der Waals surface area contributed by atoms with Crippen LogP contribution in [-0.4, -0.2) is 65.5 Å². The lowest BCUT2D eigenvalue weighted by molar-refractivity contribution is 0.00758. The first-order chi connectivity index (χ1) is 12.9. The number of hydroxylamine groups is 1. The molecule has 1 aromatic carbocycles. The maximum atomic E-state index is 13.3. The lowest BCUT2D eigenvalue weighted by Gasteiger charge is -2.39. The number of hydrogen-bond acceptors (Lipinski definition) is 5. The van der Waals surface area contributed by atoms with Gasteiger partial charge in [-0.2, -0.15) is 0 Å². The van der Waals surface area contributed by atoms with E-state index in [4.69, 9.17) is 9.26 Å². The molecule has 160 valence electrons. The Balaban J connectivity index is 2.18. The van der Waals surface area contributed by atoms with E-state index in [1.54, 1.807) is 12.1 Å². The van der Waals surface area contributed by atoms with Gasteiger partial charge in [0.05, 0.1) is 18.1 Å². The zero-order valence-electron chi connectivity index (χ0n) is 18.2. The Morgan fingerprint density at radius 3 is 2.25 bits per heavy atom. The summed E-state index contributed by atoms with van der Waals surface area (Å²) in [6.07, 6.45) is 0.722. The molecule has 1 aliphatic rings. The molecule has 6 nitrogen and oxygen atoms in total. The van der Waals surface area contributed by atoms with Gasteiger partial charge < -0.3 is 9.26 Å². The molecule has 1 saturated heterocycles. The molecule has 1 aromatic rings. The Kier molecular flexibility index (Phi) is 7.86. The van der Waals surface area contributed by atoms with Gasteiger partial charge in [-0.3, -0.25) is 4.90 Å². The number of aryl methyl sites for hydroxylation is 1. The van der Waals surface area contributed by atoms with E-state index in [0.717, 1.165) is 44.8 Å². The van der Waals surface area contributed by atoms with Gasteiger partial charge in [0.25, 0.3) is 10.0 Å². The van der Waals surface area contributed by atoms with E-state index in [1.807, 2.05) is 19.1 Å². The van der Waals surface area contributed by atoms with Gasteiger partial charge in [-0.25, -0.2) is 8.42 Å². The maximum absolute atomic E-state index is 13.3. The summed E-state index contributed by atoms with van der Waals surface area (Å²) in [6, 6.07) is 6.97. The summed E-state index contributed by atoms with van der Waals surface area (Å²) in [6.45, 7) is 16.9. The number of benzene rings is 1. The summed E-state index contributed by atoms with van der Waals surface area (Å²) in [4.78, 5) is 2.59. The van der Waals surface area contributed by atoms with Crippen molar-refractivity contribution in [3.63, 3.8) is 0 Å². The van der Waals surface area contributed by atoms with Gasteiger partial charge in [0.2, 0.25) is 8.32 Å². The van der Waals surface area contributed by atoms with Gasteiger partial charge in [0.1, 0.15) is 0 Å². The first-order valence-corrected chi connectivity index (χ1v) is 14.4. The topological polar surface area (TPSA) is 59.1 Å². The summed E-state index contributed by atoms with van der Waals surface area (Å²) >= 11 is 0. The molecule has 0 aromatic heterocycles. The van der Waals surface area contributed by atoms with Crippen LogP contribution in [-0.2, 0) is 19.3 Å². The smallest absolute Gasteiger partial charge is 0.264 e. The van der Waals surface area contributed by atoms with Gasteiger partial charge in [-0.15, -0.1) is 0 Å². The monoisotopic (exact) mass is 428 g/mol. The van der Waals surface area contributed by atoms with Crippen LogP contribution in [0.4, 0.5) is 0 Å². The Morgan fingerprint density at radius 2 is 1.71 bits per heavy atom. The minimum absolute atomic E-state index is 0.0851. The number of rotatable bonds is 8. The molecule has 0 radical (unpaired) electrons. The Hall–Kier alpha value is -0.773. The van der Waals surface area contributed by atoms with Gasteiger partial charge in [0.15, 0.2) is 0 Å². The van der Waals surface area contributed by atoms with Gasteiger partial charge >= 0.3 is 0 Å². The lowest BCUT2D eigenvalue weighted by Crippen LogP contribution is -2.49. The standard InChI is InChI=1S/C20H36N2O4SSi/c1-18-8-10-19(11-9-18)27(23,24)22(26-28(5,6)20(2,3)4)13-7-12-21-14-16-25-17-15-21/h8-11H,7,12-17H2,1-6H3. The van der Waals surface area contributed by atoms with E-state index < -0.39 is 18.3 Å². The number of nitrogens with zero attached hydrogens (tertiary/aromatic N) is 2. The maximum Gasteiger partial charge on any atom is 0.264 e. The summed E-state index contributed by atoms with van der Waals surface area (Å²) in [5.74, 6) is 0. The summed E-state index contributed by atoms with van der Waals surface area (Å²) in [5, 5.41) is -0.0851. The van der Waals surface area contributed by atoms with Crippen LogP contribution in [0.15, 0.2) is 29.2 Å². The summed E-state index contributed by atoms with van der Waals surface area (Å²) < 4.78 is 39.6. The van der Waals surface area contributed by atoms with Crippen LogP contribution in [0.1, 0.15) is 32.8 Å². The quantitative estimate of drug-likeness (QED) is 0.467. The second-order valence-electron chi connectivity index (χ2n) is 9.00. The fourth-order valence-corrected chi connectivity index (χ4v) is 5.59. The van der Waals surface area contributed by atoms with Gasteiger partial charge in [0, 0.05) is 19.6 Å². The van der Waals surface area contributed by atoms with Crippen molar-refractivity contribution in [3.05, 3.63) is 29.8 Å². The third-order valence-electron chi connectivity index (χ3n) is 5.64. The van der Waals surface area contributed by atoms with E-state index in [9.17, 15) is 8.42 Å².